The quantitative estimate of drug-likeness (QED) is 0.399. The van der Waals surface area contributed by atoms with Crippen LogP contribution in [0.5, 0.6) is 5.75 Å². The minimum Gasteiger partial charge on any atom is -0.482 e. The van der Waals surface area contributed by atoms with Gasteiger partial charge in [-0.05, 0) is 28.8 Å². The number of benzene rings is 3. The maximum absolute atomic E-state index is 10.7. The summed E-state index contributed by atoms with van der Waals surface area (Å²) in [5.74, 6) is -0.340. The van der Waals surface area contributed by atoms with Gasteiger partial charge in [-0.2, -0.15) is 5.10 Å². The van der Waals surface area contributed by atoms with E-state index in [1.165, 1.54) is 11.1 Å². The summed E-state index contributed by atoms with van der Waals surface area (Å²) in [4.78, 5) is 10.7. The number of hydrogen-bond acceptors (Lipinski definition) is 3. The smallest absolute Gasteiger partial charge is 0.341 e. The Morgan fingerprint density at radius 2 is 1.62 bits per heavy atom. The molecule has 0 fully saturated rings. The minimum absolute atomic E-state index is 0.123. The molecule has 0 aliphatic heterocycles. The topological polar surface area (TPSA) is 64.3 Å². The van der Waals surface area contributed by atoms with Crippen molar-refractivity contribution in [3.05, 3.63) is 126 Å². The summed E-state index contributed by atoms with van der Waals surface area (Å²) in [6.45, 7) is 0.268. The molecule has 0 aliphatic carbocycles. The van der Waals surface area contributed by atoms with E-state index in [1.54, 1.807) is 6.07 Å². The van der Waals surface area contributed by atoms with E-state index in [4.69, 9.17) is 9.84 Å². The van der Waals surface area contributed by atoms with E-state index in [1.807, 2.05) is 53.4 Å². The van der Waals surface area contributed by atoms with Crippen LogP contribution >= 0.6 is 0 Å². The Morgan fingerprint density at radius 3 is 2.28 bits per heavy atom. The number of rotatable bonds is 9. The number of carbonyl (C=O) groups is 1. The number of carboxylic acid groups (broad SMARTS) is 1. The van der Waals surface area contributed by atoms with Crippen molar-refractivity contribution >= 4 is 12.0 Å². The van der Waals surface area contributed by atoms with Crippen LogP contribution in [-0.4, -0.2) is 27.5 Å². The number of allylic oxidation sites excluding steroid dienone is 1. The lowest BCUT2D eigenvalue weighted by Crippen LogP contribution is -2.09. The van der Waals surface area contributed by atoms with Gasteiger partial charge in [0.05, 0.1) is 12.7 Å². The molecule has 0 radical (unpaired) electrons. The van der Waals surface area contributed by atoms with Crippen molar-refractivity contribution in [1.29, 1.82) is 0 Å². The average Bonchev–Trinajstić information content (AvgIpc) is 3.28. The highest BCUT2D eigenvalue weighted by molar-refractivity contribution is 5.68. The van der Waals surface area contributed by atoms with Crippen LogP contribution in [0.15, 0.2) is 103 Å². The lowest BCUT2D eigenvalue weighted by atomic mass is 9.87. The molecular formula is C27H24N2O3. The van der Waals surface area contributed by atoms with Gasteiger partial charge < -0.3 is 9.84 Å². The average molecular weight is 425 g/mol. The molecule has 0 saturated carbocycles. The number of nitrogens with zero attached hydrogens (tertiary/aromatic N) is 2. The first kappa shape index (κ1) is 21.1. The van der Waals surface area contributed by atoms with Gasteiger partial charge in [0.2, 0.25) is 0 Å². The molecule has 0 amide bonds. The van der Waals surface area contributed by atoms with Crippen LogP contribution in [0.2, 0.25) is 0 Å². The first-order valence-corrected chi connectivity index (χ1v) is 10.4. The summed E-state index contributed by atoms with van der Waals surface area (Å²) in [7, 11) is 0. The van der Waals surface area contributed by atoms with Crippen molar-refractivity contribution in [2.45, 2.75) is 12.5 Å². The summed E-state index contributed by atoms with van der Waals surface area (Å²) in [6, 6.07) is 28.2. The van der Waals surface area contributed by atoms with Crippen molar-refractivity contribution in [2.24, 2.45) is 0 Å². The maximum atomic E-state index is 10.7. The second-order valence-electron chi connectivity index (χ2n) is 7.41. The molecule has 5 heteroatoms. The molecule has 1 heterocycles. The summed E-state index contributed by atoms with van der Waals surface area (Å²) in [6.07, 6.45) is 8.01. The van der Waals surface area contributed by atoms with Crippen LogP contribution in [0.1, 0.15) is 28.2 Å². The molecule has 0 saturated heterocycles. The van der Waals surface area contributed by atoms with Crippen molar-refractivity contribution in [2.75, 3.05) is 6.61 Å². The number of hydrogen-bond donors (Lipinski definition) is 1. The van der Waals surface area contributed by atoms with E-state index < -0.39 is 5.97 Å². The largest absolute Gasteiger partial charge is 0.482 e. The Kier molecular flexibility index (Phi) is 6.78. The second kappa shape index (κ2) is 10.3. The van der Waals surface area contributed by atoms with E-state index in [0.717, 1.165) is 11.1 Å². The highest BCUT2D eigenvalue weighted by atomic mass is 16.5. The maximum Gasteiger partial charge on any atom is 0.341 e. The Balaban J connectivity index is 1.48. The van der Waals surface area contributed by atoms with Crippen LogP contribution in [0, 0.1) is 0 Å². The molecule has 5 nitrogen and oxygen atoms in total. The minimum atomic E-state index is -0.996. The highest BCUT2D eigenvalue weighted by Crippen LogP contribution is 2.31. The van der Waals surface area contributed by atoms with E-state index >= 15 is 0 Å². The highest BCUT2D eigenvalue weighted by Gasteiger charge is 2.17. The summed E-state index contributed by atoms with van der Waals surface area (Å²) in [5, 5.41) is 13.3. The first-order valence-electron chi connectivity index (χ1n) is 10.4. The van der Waals surface area contributed by atoms with Crippen LogP contribution < -0.4 is 4.74 Å². The number of carboxylic acids is 1. The summed E-state index contributed by atoms with van der Waals surface area (Å²) >= 11 is 0. The lowest BCUT2D eigenvalue weighted by molar-refractivity contribution is -0.139. The standard InChI is InChI=1S/C27H24N2O3/c30-26(31)20-32-25-15-7-9-21(17-25)10-8-16-29-19-24(18-28-29)27(22-11-3-1-4-12-22)23-13-5-2-6-14-23/h1-15,17-19,27H,16,20H2,(H,30,31). The van der Waals surface area contributed by atoms with Gasteiger partial charge in [0.25, 0.3) is 0 Å². The fourth-order valence-corrected chi connectivity index (χ4v) is 3.65. The van der Waals surface area contributed by atoms with Gasteiger partial charge in [-0.15, -0.1) is 0 Å². The predicted octanol–water partition coefficient (Wildman–Crippen LogP) is 5.24. The molecule has 4 rings (SSSR count). The molecule has 0 bridgehead atoms. The van der Waals surface area contributed by atoms with Gasteiger partial charge in [-0.3, -0.25) is 4.68 Å². The van der Waals surface area contributed by atoms with Crippen molar-refractivity contribution in [3.8, 4) is 5.75 Å². The van der Waals surface area contributed by atoms with E-state index in [0.29, 0.717) is 12.3 Å². The van der Waals surface area contributed by atoms with Gasteiger partial charge in [0, 0.05) is 17.7 Å². The predicted molar refractivity (Wildman–Crippen MR) is 125 cm³/mol. The number of aromatic nitrogens is 2. The van der Waals surface area contributed by atoms with Gasteiger partial charge in [-0.1, -0.05) is 84.9 Å². The van der Waals surface area contributed by atoms with Crippen LogP contribution in [0.25, 0.3) is 6.08 Å². The molecule has 0 aliphatic rings. The van der Waals surface area contributed by atoms with Crippen LogP contribution in [0.3, 0.4) is 0 Å². The first-order chi connectivity index (χ1) is 15.7. The van der Waals surface area contributed by atoms with Gasteiger partial charge in [-0.25, -0.2) is 4.79 Å². The molecule has 160 valence electrons. The number of aliphatic carboxylic acids is 1. The number of ether oxygens (including phenoxy) is 1. The Bertz CT molecular complexity index is 1140. The molecule has 1 N–H and O–H groups in total. The van der Waals surface area contributed by atoms with E-state index in [-0.39, 0.29) is 12.5 Å². The molecule has 32 heavy (non-hydrogen) atoms. The fourth-order valence-electron chi connectivity index (χ4n) is 3.65. The molecular weight excluding hydrogens is 400 g/mol. The second-order valence-corrected chi connectivity index (χ2v) is 7.41. The molecule has 3 aromatic carbocycles. The monoisotopic (exact) mass is 424 g/mol. The normalized spacial score (nSPS) is 11.2. The Labute approximate surface area is 187 Å². The zero-order valence-electron chi connectivity index (χ0n) is 17.5. The lowest BCUT2D eigenvalue weighted by Gasteiger charge is -2.16. The molecule has 4 aromatic rings. The zero-order valence-corrected chi connectivity index (χ0v) is 17.5. The SMILES string of the molecule is O=C(O)COc1cccc(C=CCn2cc(C(c3ccccc3)c3ccccc3)cn2)c1. The zero-order chi connectivity index (χ0) is 22.2. The third kappa shape index (κ3) is 5.52. The van der Waals surface area contributed by atoms with Crippen LogP contribution in [-0.2, 0) is 11.3 Å². The summed E-state index contributed by atoms with van der Waals surface area (Å²) in [5.41, 5.74) is 4.53. The third-order valence-corrected chi connectivity index (χ3v) is 5.08. The molecule has 0 spiro atoms. The molecule has 1 aromatic heterocycles. The van der Waals surface area contributed by atoms with E-state index in [9.17, 15) is 4.79 Å². The van der Waals surface area contributed by atoms with Gasteiger partial charge >= 0.3 is 5.97 Å². The van der Waals surface area contributed by atoms with Gasteiger partial charge in [0.1, 0.15) is 5.75 Å². The third-order valence-electron chi connectivity index (χ3n) is 5.08. The van der Waals surface area contributed by atoms with Crippen molar-refractivity contribution < 1.29 is 14.6 Å². The fraction of sp³-hybridized carbons (Fsp3) is 0.111. The summed E-state index contributed by atoms with van der Waals surface area (Å²) < 4.78 is 7.15. The van der Waals surface area contributed by atoms with E-state index in [2.05, 4.69) is 59.8 Å². The Hall–Kier alpha value is -4.12. The van der Waals surface area contributed by atoms with Crippen molar-refractivity contribution in [1.82, 2.24) is 9.78 Å². The van der Waals surface area contributed by atoms with Crippen LogP contribution in [0.4, 0.5) is 0 Å². The Morgan fingerprint density at radius 1 is 0.938 bits per heavy atom. The molecule has 0 unspecified atom stereocenters. The van der Waals surface area contributed by atoms with Crippen molar-refractivity contribution in [3.63, 3.8) is 0 Å². The molecule has 0 atom stereocenters. The van der Waals surface area contributed by atoms with Gasteiger partial charge in [0.15, 0.2) is 6.61 Å².